The number of rotatable bonds is 2. The van der Waals surface area contributed by atoms with Crippen molar-refractivity contribution in [2.45, 2.75) is 18.9 Å². The molecule has 1 fully saturated rings. The predicted molar refractivity (Wildman–Crippen MR) is 75.7 cm³/mol. The summed E-state index contributed by atoms with van der Waals surface area (Å²) < 4.78 is 0. The lowest BCUT2D eigenvalue weighted by Crippen LogP contribution is -2.40. The number of carbonyl (C=O) groups excluding carboxylic acids is 1. The normalized spacial score (nSPS) is 18.9. The van der Waals surface area contributed by atoms with E-state index in [4.69, 9.17) is 11.5 Å². The van der Waals surface area contributed by atoms with E-state index in [0.717, 1.165) is 35.8 Å². The summed E-state index contributed by atoms with van der Waals surface area (Å²) in [7, 11) is 0. The number of nitrogen functional groups attached to an aromatic ring is 1. The third-order valence-electron chi connectivity index (χ3n) is 3.72. The molecule has 0 spiro atoms. The lowest BCUT2D eigenvalue weighted by Gasteiger charge is -2.26. The van der Waals surface area contributed by atoms with E-state index in [1.165, 1.54) is 0 Å². The summed E-state index contributed by atoms with van der Waals surface area (Å²) in [6, 6.07) is 5.52. The van der Waals surface area contributed by atoms with Gasteiger partial charge in [0.25, 0.3) is 0 Å². The van der Waals surface area contributed by atoms with Crippen LogP contribution in [-0.2, 0) is 4.79 Å². The molecule has 1 aromatic heterocycles. The third kappa shape index (κ3) is 1.87. The molecule has 1 aliphatic rings. The Hall–Kier alpha value is -2.30. The van der Waals surface area contributed by atoms with Crippen LogP contribution >= 0.6 is 0 Å². The summed E-state index contributed by atoms with van der Waals surface area (Å²) in [6.45, 7) is 0.842. The molecule has 5 nitrogen and oxygen atoms in total. The molecular weight excluding hydrogens is 240 g/mol. The highest BCUT2D eigenvalue weighted by Gasteiger charge is 2.30. The molecule has 98 valence electrons. The Balaban J connectivity index is 2.15. The largest absolute Gasteiger partial charge is 0.398 e. The highest BCUT2D eigenvalue weighted by Crippen LogP contribution is 2.34. The number of fused-ring (bicyclic) bond motifs is 1. The van der Waals surface area contributed by atoms with Gasteiger partial charge in [-0.15, -0.1) is 0 Å². The van der Waals surface area contributed by atoms with Crippen LogP contribution in [0, 0.1) is 0 Å². The van der Waals surface area contributed by atoms with Crippen molar-refractivity contribution in [3.63, 3.8) is 0 Å². The van der Waals surface area contributed by atoms with Gasteiger partial charge in [-0.1, -0.05) is 0 Å². The molecule has 3 rings (SSSR count). The number of aromatic nitrogens is 1. The fraction of sp³-hybridized carbons (Fsp3) is 0.286. The second-order valence-electron chi connectivity index (χ2n) is 4.85. The maximum absolute atomic E-state index is 11.5. The molecule has 1 amide bonds. The fourth-order valence-corrected chi connectivity index (χ4v) is 2.80. The smallest absolute Gasteiger partial charge is 0.240 e. The summed E-state index contributed by atoms with van der Waals surface area (Å²) in [5.74, 6) is -0.267. The van der Waals surface area contributed by atoms with Gasteiger partial charge in [0.05, 0.1) is 0 Å². The Morgan fingerprint density at radius 2 is 2.16 bits per heavy atom. The van der Waals surface area contributed by atoms with Crippen molar-refractivity contribution in [2.75, 3.05) is 17.2 Å². The minimum absolute atomic E-state index is 0.222. The number of nitrogens with zero attached hydrogens (tertiary/aromatic N) is 2. The lowest BCUT2D eigenvalue weighted by molar-refractivity contribution is -0.119. The van der Waals surface area contributed by atoms with E-state index >= 15 is 0 Å². The number of carbonyl (C=O) groups is 1. The summed E-state index contributed by atoms with van der Waals surface area (Å²) in [6.07, 6.45) is 5.28. The van der Waals surface area contributed by atoms with E-state index in [9.17, 15) is 4.79 Å². The van der Waals surface area contributed by atoms with Gasteiger partial charge in [0.2, 0.25) is 5.91 Å². The maximum atomic E-state index is 11.5. The summed E-state index contributed by atoms with van der Waals surface area (Å²) >= 11 is 0. The van der Waals surface area contributed by atoms with Crippen LogP contribution in [0.15, 0.2) is 30.6 Å². The minimum Gasteiger partial charge on any atom is -0.398 e. The topological polar surface area (TPSA) is 85.2 Å². The van der Waals surface area contributed by atoms with E-state index in [1.54, 1.807) is 12.4 Å². The zero-order chi connectivity index (χ0) is 13.4. The number of nitrogens with two attached hydrogens (primary N) is 2. The van der Waals surface area contributed by atoms with E-state index < -0.39 is 0 Å². The van der Waals surface area contributed by atoms with Gasteiger partial charge in [-0.2, -0.15) is 0 Å². The van der Waals surface area contributed by atoms with E-state index in [2.05, 4.69) is 9.88 Å². The number of hydrogen-bond acceptors (Lipinski definition) is 4. The molecule has 1 atom stereocenters. The molecule has 0 radical (unpaired) electrons. The molecule has 5 heteroatoms. The molecule has 0 bridgehead atoms. The van der Waals surface area contributed by atoms with Crippen molar-refractivity contribution in [3.8, 4) is 0 Å². The highest BCUT2D eigenvalue weighted by molar-refractivity contribution is 6.02. The first-order valence-electron chi connectivity index (χ1n) is 6.36. The number of hydrogen-bond donors (Lipinski definition) is 2. The van der Waals surface area contributed by atoms with Gasteiger partial charge in [0.1, 0.15) is 6.04 Å². The van der Waals surface area contributed by atoms with Crippen LogP contribution in [0.5, 0.6) is 0 Å². The van der Waals surface area contributed by atoms with Crippen LogP contribution in [-0.4, -0.2) is 23.5 Å². The SMILES string of the molecule is NC(=O)C1CCCN1c1ccc(N)c2cnccc12. The number of pyridine rings is 1. The first-order valence-corrected chi connectivity index (χ1v) is 6.36. The molecule has 1 aromatic carbocycles. The monoisotopic (exact) mass is 256 g/mol. The summed E-state index contributed by atoms with van der Waals surface area (Å²) in [4.78, 5) is 17.7. The highest BCUT2D eigenvalue weighted by atomic mass is 16.1. The molecule has 1 aliphatic heterocycles. The van der Waals surface area contributed by atoms with E-state index in [-0.39, 0.29) is 11.9 Å². The van der Waals surface area contributed by atoms with Gasteiger partial charge < -0.3 is 16.4 Å². The second kappa shape index (κ2) is 4.42. The Bertz CT molecular complexity index is 640. The zero-order valence-corrected chi connectivity index (χ0v) is 10.5. The molecule has 0 aliphatic carbocycles. The lowest BCUT2D eigenvalue weighted by atomic mass is 10.1. The van der Waals surface area contributed by atoms with Crippen molar-refractivity contribution in [3.05, 3.63) is 30.6 Å². The Kier molecular flexibility index (Phi) is 2.74. The number of amides is 1. The molecule has 4 N–H and O–H groups in total. The molecule has 0 saturated carbocycles. The predicted octanol–water partition coefficient (Wildman–Crippen LogP) is 1.27. The first-order chi connectivity index (χ1) is 9.18. The first kappa shape index (κ1) is 11.8. The van der Waals surface area contributed by atoms with Gasteiger partial charge in [-0.25, -0.2) is 0 Å². The Morgan fingerprint density at radius 1 is 1.32 bits per heavy atom. The van der Waals surface area contributed by atoms with Crippen LogP contribution < -0.4 is 16.4 Å². The molecule has 1 saturated heterocycles. The fourth-order valence-electron chi connectivity index (χ4n) is 2.80. The number of primary amides is 1. The van der Waals surface area contributed by atoms with Crippen molar-refractivity contribution < 1.29 is 4.79 Å². The Labute approximate surface area is 111 Å². The van der Waals surface area contributed by atoms with Crippen molar-refractivity contribution in [1.29, 1.82) is 0 Å². The molecular formula is C14H16N4O. The van der Waals surface area contributed by atoms with Gasteiger partial charge >= 0.3 is 0 Å². The number of benzene rings is 1. The average Bonchev–Trinajstić information content (AvgIpc) is 2.89. The van der Waals surface area contributed by atoms with Crippen molar-refractivity contribution in [2.24, 2.45) is 5.73 Å². The van der Waals surface area contributed by atoms with E-state index in [1.807, 2.05) is 18.2 Å². The van der Waals surface area contributed by atoms with Gasteiger partial charge in [-0.3, -0.25) is 9.78 Å². The van der Waals surface area contributed by atoms with Crippen molar-refractivity contribution in [1.82, 2.24) is 4.98 Å². The molecule has 1 unspecified atom stereocenters. The average molecular weight is 256 g/mol. The molecule has 2 aromatic rings. The maximum Gasteiger partial charge on any atom is 0.240 e. The van der Waals surface area contributed by atoms with E-state index in [0.29, 0.717) is 5.69 Å². The third-order valence-corrected chi connectivity index (χ3v) is 3.72. The second-order valence-corrected chi connectivity index (χ2v) is 4.85. The van der Waals surface area contributed by atoms with Crippen LogP contribution in [0.25, 0.3) is 10.8 Å². The van der Waals surface area contributed by atoms with Crippen LogP contribution in [0.2, 0.25) is 0 Å². The van der Waals surface area contributed by atoms with Gasteiger partial charge in [0.15, 0.2) is 0 Å². The van der Waals surface area contributed by atoms with Crippen LogP contribution in [0.1, 0.15) is 12.8 Å². The summed E-state index contributed by atoms with van der Waals surface area (Å²) in [5, 5.41) is 1.93. The summed E-state index contributed by atoms with van der Waals surface area (Å²) in [5.41, 5.74) is 13.2. The molecule has 2 heterocycles. The van der Waals surface area contributed by atoms with Gasteiger partial charge in [0, 0.05) is 41.1 Å². The Morgan fingerprint density at radius 3 is 2.95 bits per heavy atom. The van der Waals surface area contributed by atoms with Crippen LogP contribution in [0.4, 0.5) is 11.4 Å². The number of anilines is 2. The minimum atomic E-state index is -0.267. The quantitative estimate of drug-likeness (QED) is 0.792. The standard InChI is InChI=1S/C14H16N4O/c15-11-3-4-12(9-5-6-17-8-10(9)11)18-7-1-2-13(18)14(16)19/h3-6,8,13H,1-2,7,15H2,(H2,16,19). The van der Waals surface area contributed by atoms with Crippen molar-refractivity contribution >= 4 is 28.1 Å². The van der Waals surface area contributed by atoms with Gasteiger partial charge in [-0.05, 0) is 31.0 Å². The zero-order valence-electron chi connectivity index (χ0n) is 10.5. The molecule has 19 heavy (non-hydrogen) atoms. The van der Waals surface area contributed by atoms with Crippen LogP contribution in [0.3, 0.4) is 0 Å².